The zero-order valence-corrected chi connectivity index (χ0v) is 11.1. The third kappa shape index (κ3) is 2.79. The van der Waals surface area contributed by atoms with E-state index < -0.39 is 0 Å². The fourth-order valence-electron chi connectivity index (χ4n) is 2.79. The number of carbonyl (C=O) groups is 1. The minimum atomic E-state index is -0.0981. The van der Waals surface area contributed by atoms with Crippen molar-refractivity contribution >= 4 is 5.97 Å². The van der Waals surface area contributed by atoms with E-state index in [1.54, 1.807) is 6.20 Å². The predicted octanol–water partition coefficient (Wildman–Crippen LogP) is 0.288. The summed E-state index contributed by atoms with van der Waals surface area (Å²) in [4.78, 5) is 14.0. The zero-order chi connectivity index (χ0) is 13.2. The van der Waals surface area contributed by atoms with E-state index in [1.165, 1.54) is 0 Å². The van der Waals surface area contributed by atoms with Crippen molar-refractivity contribution in [3.05, 3.63) is 18.5 Å². The molecule has 3 atom stereocenters. The second-order valence-electron chi connectivity index (χ2n) is 5.21. The molecule has 2 saturated heterocycles. The second-order valence-corrected chi connectivity index (χ2v) is 5.21. The molecule has 0 aromatic carbocycles. The summed E-state index contributed by atoms with van der Waals surface area (Å²) in [5.74, 6) is -0.0905. The summed E-state index contributed by atoms with van der Waals surface area (Å²) >= 11 is 0. The van der Waals surface area contributed by atoms with Crippen molar-refractivity contribution in [2.75, 3.05) is 19.7 Å². The van der Waals surface area contributed by atoms with E-state index in [4.69, 9.17) is 9.47 Å². The molecule has 3 heterocycles. The fraction of sp³-hybridized carbons (Fsp3) is 0.692. The molecule has 1 aromatic heterocycles. The summed E-state index contributed by atoms with van der Waals surface area (Å²) in [7, 11) is 0. The Morgan fingerprint density at radius 1 is 1.53 bits per heavy atom. The molecule has 0 amide bonds. The van der Waals surface area contributed by atoms with Gasteiger partial charge in [0.1, 0.15) is 12.1 Å². The van der Waals surface area contributed by atoms with Gasteiger partial charge in [-0.05, 0) is 13.0 Å². The average molecular weight is 265 g/mol. The molecule has 0 aliphatic carbocycles. The lowest BCUT2D eigenvalue weighted by molar-refractivity contribution is -0.147. The van der Waals surface area contributed by atoms with Crippen LogP contribution in [0.3, 0.4) is 0 Å². The van der Waals surface area contributed by atoms with Crippen LogP contribution in [0.25, 0.3) is 0 Å². The monoisotopic (exact) mass is 265 g/mol. The molecular weight excluding hydrogens is 246 g/mol. The Kier molecular flexibility index (Phi) is 3.52. The summed E-state index contributed by atoms with van der Waals surface area (Å²) in [6, 6.07) is 1.80. The first-order valence-corrected chi connectivity index (χ1v) is 6.76. The van der Waals surface area contributed by atoms with Crippen molar-refractivity contribution in [3.8, 4) is 0 Å². The van der Waals surface area contributed by atoms with E-state index >= 15 is 0 Å². The highest BCUT2D eigenvalue weighted by Crippen LogP contribution is 2.22. The average Bonchev–Trinajstić information content (AvgIpc) is 2.99. The van der Waals surface area contributed by atoms with Gasteiger partial charge in [-0.15, -0.1) is 0 Å². The molecule has 2 aliphatic heterocycles. The fourth-order valence-corrected chi connectivity index (χ4v) is 2.79. The van der Waals surface area contributed by atoms with E-state index in [2.05, 4.69) is 10.00 Å². The van der Waals surface area contributed by atoms with Crippen molar-refractivity contribution in [3.63, 3.8) is 0 Å². The van der Waals surface area contributed by atoms with Gasteiger partial charge in [-0.25, -0.2) is 0 Å². The van der Waals surface area contributed by atoms with Gasteiger partial charge in [0.25, 0.3) is 0 Å². The standard InChI is InChI=1S/C13H19N3O3/c1-10-7-12(13(17)19-10)15-5-6-18-11(8-15)9-16-4-2-3-14-16/h2-4,10-12H,5-9H2,1H3/t10-,11-,12+/m1/s1. The number of rotatable bonds is 3. The number of esters is 1. The summed E-state index contributed by atoms with van der Waals surface area (Å²) in [5.41, 5.74) is 0. The molecule has 19 heavy (non-hydrogen) atoms. The maximum atomic E-state index is 11.8. The van der Waals surface area contributed by atoms with Crippen molar-refractivity contribution in [1.82, 2.24) is 14.7 Å². The Morgan fingerprint density at radius 3 is 3.11 bits per heavy atom. The van der Waals surface area contributed by atoms with E-state index in [1.807, 2.05) is 23.9 Å². The van der Waals surface area contributed by atoms with Crippen molar-refractivity contribution in [2.45, 2.75) is 38.1 Å². The molecule has 0 bridgehead atoms. The van der Waals surface area contributed by atoms with Crippen LogP contribution in [0.1, 0.15) is 13.3 Å². The Bertz CT molecular complexity index is 434. The van der Waals surface area contributed by atoms with Crippen molar-refractivity contribution in [2.24, 2.45) is 0 Å². The molecule has 6 nitrogen and oxygen atoms in total. The van der Waals surface area contributed by atoms with Crippen LogP contribution in [-0.2, 0) is 20.8 Å². The molecule has 3 rings (SSSR count). The van der Waals surface area contributed by atoms with Crippen LogP contribution in [0.5, 0.6) is 0 Å². The zero-order valence-electron chi connectivity index (χ0n) is 11.1. The van der Waals surface area contributed by atoms with E-state index in [0.29, 0.717) is 6.61 Å². The lowest BCUT2D eigenvalue weighted by Crippen LogP contribution is -2.50. The van der Waals surface area contributed by atoms with Crippen LogP contribution in [-0.4, -0.2) is 58.6 Å². The molecule has 1 aromatic rings. The molecule has 0 spiro atoms. The highest BCUT2D eigenvalue weighted by molar-refractivity contribution is 5.78. The van der Waals surface area contributed by atoms with Gasteiger partial charge < -0.3 is 9.47 Å². The molecule has 0 radical (unpaired) electrons. The summed E-state index contributed by atoms with van der Waals surface area (Å²) in [6.07, 6.45) is 4.58. The topological polar surface area (TPSA) is 56.6 Å². The Morgan fingerprint density at radius 2 is 2.42 bits per heavy atom. The van der Waals surface area contributed by atoms with Crippen LogP contribution in [0.15, 0.2) is 18.5 Å². The summed E-state index contributed by atoms with van der Waals surface area (Å²) in [5, 5.41) is 4.19. The van der Waals surface area contributed by atoms with Gasteiger partial charge in [-0.3, -0.25) is 14.4 Å². The number of morpholine rings is 1. The van der Waals surface area contributed by atoms with Crippen LogP contribution >= 0.6 is 0 Å². The highest BCUT2D eigenvalue weighted by atomic mass is 16.6. The molecule has 0 unspecified atom stereocenters. The van der Waals surface area contributed by atoms with E-state index in [-0.39, 0.29) is 24.2 Å². The van der Waals surface area contributed by atoms with Gasteiger partial charge >= 0.3 is 5.97 Å². The smallest absolute Gasteiger partial charge is 0.323 e. The molecule has 2 fully saturated rings. The Labute approximate surface area is 112 Å². The third-order valence-electron chi connectivity index (χ3n) is 3.71. The van der Waals surface area contributed by atoms with Gasteiger partial charge in [-0.2, -0.15) is 5.10 Å². The van der Waals surface area contributed by atoms with Gasteiger partial charge in [0.15, 0.2) is 0 Å². The SMILES string of the molecule is C[C@@H]1C[C@H](N2CCO[C@@H](Cn3cccn3)C2)C(=O)O1. The van der Waals surface area contributed by atoms with E-state index in [9.17, 15) is 4.79 Å². The van der Waals surface area contributed by atoms with Gasteiger partial charge in [0.2, 0.25) is 0 Å². The quantitative estimate of drug-likeness (QED) is 0.735. The molecular formula is C13H19N3O3. The van der Waals surface area contributed by atoms with Gasteiger partial charge in [-0.1, -0.05) is 0 Å². The van der Waals surface area contributed by atoms with Crippen LogP contribution in [0.2, 0.25) is 0 Å². The van der Waals surface area contributed by atoms with Crippen molar-refractivity contribution < 1.29 is 14.3 Å². The van der Waals surface area contributed by atoms with E-state index in [0.717, 1.165) is 26.1 Å². The van der Waals surface area contributed by atoms with Crippen LogP contribution in [0, 0.1) is 0 Å². The molecule has 0 saturated carbocycles. The minimum absolute atomic E-state index is 0.0323. The first kappa shape index (κ1) is 12.6. The van der Waals surface area contributed by atoms with Crippen molar-refractivity contribution in [1.29, 1.82) is 0 Å². The summed E-state index contributed by atoms with van der Waals surface area (Å²) in [6.45, 7) is 4.87. The number of carbonyl (C=O) groups excluding carboxylic acids is 1. The Hall–Kier alpha value is -1.40. The maximum Gasteiger partial charge on any atom is 0.323 e. The third-order valence-corrected chi connectivity index (χ3v) is 3.71. The normalized spacial score (nSPS) is 32.5. The second kappa shape index (κ2) is 5.30. The molecule has 104 valence electrons. The van der Waals surface area contributed by atoms with Gasteiger partial charge in [0, 0.05) is 31.9 Å². The molecule has 2 aliphatic rings. The van der Waals surface area contributed by atoms with Gasteiger partial charge in [0.05, 0.1) is 19.3 Å². The number of ether oxygens (including phenoxy) is 2. The first-order valence-electron chi connectivity index (χ1n) is 6.76. The lowest BCUT2D eigenvalue weighted by Gasteiger charge is -2.35. The number of nitrogens with zero attached hydrogens (tertiary/aromatic N) is 3. The largest absolute Gasteiger partial charge is 0.461 e. The number of cyclic esters (lactones) is 1. The lowest BCUT2D eigenvalue weighted by atomic mass is 10.1. The number of hydrogen-bond acceptors (Lipinski definition) is 5. The summed E-state index contributed by atoms with van der Waals surface area (Å²) < 4.78 is 12.8. The molecule has 6 heteroatoms. The molecule has 0 N–H and O–H groups in total. The minimum Gasteiger partial charge on any atom is -0.461 e. The van der Waals surface area contributed by atoms with Crippen LogP contribution in [0.4, 0.5) is 0 Å². The van der Waals surface area contributed by atoms with Crippen LogP contribution < -0.4 is 0 Å². The first-order chi connectivity index (χ1) is 9.22. The number of hydrogen-bond donors (Lipinski definition) is 0. The predicted molar refractivity (Wildman–Crippen MR) is 67.5 cm³/mol. The maximum absolute atomic E-state index is 11.8. The highest BCUT2D eigenvalue weighted by Gasteiger charge is 2.38. The number of aromatic nitrogens is 2. The Balaban J connectivity index is 1.60.